The Morgan fingerprint density at radius 1 is 1.42 bits per heavy atom. The number of nitrogens with one attached hydrogen (secondary N) is 1. The fourth-order valence-corrected chi connectivity index (χ4v) is 3.78. The summed E-state index contributed by atoms with van der Waals surface area (Å²) in [5.74, 6) is 0.814. The van der Waals surface area contributed by atoms with Crippen LogP contribution < -0.4 is 5.32 Å². The summed E-state index contributed by atoms with van der Waals surface area (Å²) in [5.41, 5.74) is 0.384. The number of hydrogen-bond acceptors (Lipinski definition) is 2. The zero-order valence-corrected chi connectivity index (χ0v) is 13.2. The van der Waals surface area contributed by atoms with Crippen LogP contribution in [0.15, 0.2) is 0 Å². The van der Waals surface area contributed by atoms with Crippen molar-refractivity contribution < 1.29 is 4.79 Å². The second-order valence-corrected chi connectivity index (χ2v) is 7.48. The number of carbonyl (C=O) groups excluding carboxylic acids is 1. The predicted octanol–water partition coefficient (Wildman–Crippen LogP) is 3.15. The smallest absolute Gasteiger partial charge is 0.241 e. The van der Waals surface area contributed by atoms with Gasteiger partial charge in [0.15, 0.2) is 0 Å². The molecule has 1 aliphatic heterocycles. The minimum Gasteiger partial charge on any atom is -0.323 e. The molecule has 3 nitrogen and oxygen atoms in total. The van der Waals surface area contributed by atoms with Gasteiger partial charge in [-0.1, -0.05) is 41.0 Å². The van der Waals surface area contributed by atoms with Crippen LogP contribution in [-0.2, 0) is 4.79 Å². The molecule has 1 aliphatic carbocycles. The molecular formula is C16H30N2O. The maximum atomic E-state index is 12.6. The van der Waals surface area contributed by atoms with E-state index >= 15 is 0 Å². The topological polar surface area (TPSA) is 32.3 Å². The Morgan fingerprint density at radius 2 is 2.11 bits per heavy atom. The molecule has 2 aliphatic rings. The fourth-order valence-electron chi connectivity index (χ4n) is 3.78. The lowest BCUT2D eigenvalue weighted by atomic mass is 9.74. The largest absolute Gasteiger partial charge is 0.323 e. The molecule has 3 atom stereocenters. The average molecular weight is 266 g/mol. The van der Waals surface area contributed by atoms with E-state index in [-0.39, 0.29) is 12.2 Å². The maximum Gasteiger partial charge on any atom is 0.241 e. The molecule has 2 fully saturated rings. The molecule has 3 unspecified atom stereocenters. The molecule has 0 aromatic rings. The SMILES string of the molecule is CCC1NC(C(C)C)N(C2CCCC(C)(C)C2)C1=O. The minimum atomic E-state index is 0.0393. The van der Waals surface area contributed by atoms with Crippen LogP contribution in [0.4, 0.5) is 0 Å². The van der Waals surface area contributed by atoms with Crippen molar-refractivity contribution in [2.45, 2.75) is 85.0 Å². The summed E-state index contributed by atoms with van der Waals surface area (Å²) in [6, 6.07) is 0.477. The zero-order valence-electron chi connectivity index (χ0n) is 13.2. The normalized spacial score (nSPS) is 35.2. The third-order valence-corrected chi connectivity index (χ3v) is 4.84. The molecule has 1 saturated heterocycles. The summed E-state index contributed by atoms with van der Waals surface area (Å²) in [7, 11) is 0. The van der Waals surface area contributed by atoms with E-state index in [1.54, 1.807) is 0 Å². The number of hydrogen-bond donors (Lipinski definition) is 1. The van der Waals surface area contributed by atoms with Gasteiger partial charge in [-0.15, -0.1) is 0 Å². The van der Waals surface area contributed by atoms with Crippen LogP contribution in [0.3, 0.4) is 0 Å². The monoisotopic (exact) mass is 266 g/mol. The molecule has 1 N–H and O–H groups in total. The highest BCUT2D eigenvalue weighted by Gasteiger charge is 2.44. The molecule has 1 heterocycles. The van der Waals surface area contributed by atoms with Crippen LogP contribution in [-0.4, -0.2) is 29.1 Å². The van der Waals surface area contributed by atoms with Gasteiger partial charge in [0.25, 0.3) is 0 Å². The van der Waals surface area contributed by atoms with Gasteiger partial charge in [-0.05, 0) is 37.0 Å². The summed E-state index contributed by atoms with van der Waals surface area (Å²) in [4.78, 5) is 14.8. The Kier molecular flexibility index (Phi) is 4.24. The van der Waals surface area contributed by atoms with Crippen LogP contribution >= 0.6 is 0 Å². The summed E-state index contributed by atoms with van der Waals surface area (Å²) in [5, 5.41) is 3.54. The minimum absolute atomic E-state index is 0.0393. The highest BCUT2D eigenvalue weighted by atomic mass is 16.2. The molecule has 2 rings (SSSR count). The number of nitrogens with zero attached hydrogens (tertiary/aromatic N) is 1. The van der Waals surface area contributed by atoms with Gasteiger partial charge in [-0.3, -0.25) is 10.1 Å². The number of amides is 1. The van der Waals surface area contributed by atoms with E-state index in [1.165, 1.54) is 19.3 Å². The van der Waals surface area contributed by atoms with Crippen LogP contribution in [0.25, 0.3) is 0 Å². The van der Waals surface area contributed by atoms with Gasteiger partial charge < -0.3 is 4.90 Å². The van der Waals surface area contributed by atoms with E-state index in [0.717, 1.165) is 12.8 Å². The molecule has 0 bridgehead atoms. The quantitative estimate of drug-likeness (QED) is 0.851. The van der Waals surface area contributed by atoms with Gasteiger partial charge in [0.1, 0.15) is 0 Å². The van der Waals surface area contributed by atoms with E-state index in [1.807, 2.05) is 0 Å². The number of carbonyl (C=O) groups is 1. The maximum absolute atomic E-state index is 12.6. The molecule has 110 valence electrons. The second kappa shape index (κ2) is 5.43. The van der Waals surface area contributed by atoms with Crippen molar-refractivity contribution >= 4 is 5.91 Å². The Hall–Kier alpha value is -0.570. The molecule has 1 saturated carbocycles. The predicted molar refractivity (Wildman–Crippen MR) is 78.7 cm³/mol. The van der Waals surface area contributed by atoms with Gasteiger partial charge in [0.2, 0.25) is 5.91 Å². The van der Waals surface area contributed by atoms with Gasteiger partial charge in [-0.2, -0.15) is 0 Å². The summed E-state index contributed by atoms with van der Waals surface area (Å²) in [6.45, 7) is 11.2. The Bertz CT molecular complexity index is 338. The van der Waals surface area contributed by atoms with E-state index in [9.17, 15) is 4.79 Å². The Balaban J connectivity index is 2.17. The van der Waals surface area contributed by atoms with Gasteiger partial charge in [-0.25, -0.2) is 0 Å². The Morgan fingerprint density at radius 3 is 2.63 bits per heavy atom. The van der Waals surface area contributed by atoms with Crippen molar-refractivity contribution in [2.24, 2.45) is 11.3 Å². The molecule has 0 spiro atoms. The van der Waals surface area contributed by atoms with Crippen LogP contribution in [0.1, 0.15) is 66.7 Å². The van der Waals surface area contributed by atoms with Gasteiger partial charge in [0, 0.05) is 6.04 Å². The van der Waals surface area contributed by atoms with E-state index < -0.39 is 0 Å². The molecular weight excluding hydrogens is 236 g/mol. The summed E-state index contributed by atoms with van der Waals surface area (Å²) < 4.78 is 0. The number of rotatable bonds is 3. The molecule has 0 aromatic heterocycles. The van der Waals surface area contributed by atoms with E-state index in [2.05, 4.69) is 44.8 Å². The van der Waals surface area contributed by atoms with Gasteiger partial charge >= 0.3 is 0 Å². The Labute approximate surface area is 118 Å². The molecule has 19 heavy (non-hydrogen) atoms. The van der Waals surface area contributed by atoms with Crippen LogP contribution in [0, 0.1) is 11.3 Å². The van der Waals surface area contributed by atoms with Gasteiger partial charge in [0.05, 0.1) is 12.2 Å². The zero-order chi connectivity index (χ0) is 14.2. The van der Waals surface area contributed by atoms with Crippen molar-refractivity contribution in [3.8, 4) is 0 Å². The van der Waals surface area contributed by atoms with E-state index in [0.29, 0.717) is 23.3 Å². The third-order valence-electron chi connectivity index (χ3n) is 4.84. The van der Waals surface area contributed by atoms with Crippen molar-refractivity contribution in [3.05, 3.63) is 0 Å². The highest BCUT2D eigenvalue weighted by molar-refractivity contribution is 5.84. The lowest BCUT2D eigenvalue weighted by Gasteiger charge is -2.42. The third kappa shape index (κ3) is 2.96. The molecule has 3 heteroatoms. The summed E-state index contributed by atoms with van der Waals surface area (Å²) in [6.07, 6.45) is 6.01. The van der Waals surface area contributed by atoms with Crippen molar-refractivity contribution in [1.82, 2.24) is 10.2 Å². The standard InChI is InChI=1S/C16H30N2O/c1-6-13-15(19)18(14(17-13)11(2)3)12-8-7-9-16(4,5)10-12/h11-14,17H,6-10H2,1-5H3. The lowest BCUT2D eigenvalue weighted by molar-refractivity contribution is -0.134. The van der Waals surface area contributed by atoms with Crippen molar-refractivity contribution in [2.75, 3.05) is 0 Å². The summed E-state index contributed by atoms with van der Waals surface area (Å²) >= 11 is 0. The average Bonchev–Trinajstić information content (AvgIpc) is 2.65. The second-order valence-electron chi connectivity index (χ2n) is 7.48. The molecule has 1 amide bonds. The first-order chi connectivity index (χ1) is 8.85. The fraction of sp³-hybridized carbons (Fsp3) is 0.938. The first-order valence-electron chi connectivity index (χ1n) is 7.94. The molecule has 0 radical (unpaired) electrons. The lowest BCUT2D eigenvalue weighted by Crippen LogP contribution is -2.49. The first kappa shape index (κ1) is 14.8. The van der Waals surface area contributed by atoms with Crippen molar-refractivity contribution in [3.63, 3.8) is 0 Å². The highest BCUT2D eigenvalue weighted by Crippen LogP contribution is 2.39. The van der Waals surface area contributed by atoms with Crippen LogP contribution in [0.5, 0.6) is 0 Å². The van der Waals surface area contributed by atoms with Crippen LogP contribution in [0.2, 0.25) is 0 Å². The molecule has 0 aromatic carbocycles. The first-order valence-corrected chi connectivity index (χ1v) is 7.94. The van der Waals surface area contributed by atoms with E-state index in [4.69, 9.17) is 0 Å². The van der Waals surface area contributed by atoms with Crippen molar-refractivity contribution in [1.29, 1.82) is 0 Å².